The predicted octanol–water partition coefficient (Wildman–Crippen LogP) is 4.42. The normalized spacial score (nSPS) is 11.5. The predicted molar refractivity (Wildman–Crippen MR) is 108 cm³/mol. The van der Waals surface area contributed by atoms with Gasteiger partial charge < -0.3 is 15.2 Å². The average molecular weight is 442 g/mol. The number of ether oxygens (including phenoxy) is 1. The first kappa shape index (κ1) is 22.1. The third kappa shape index (κ3) is 7.07. The number of ketones is 1. The molecule has 0 saturated heterocycles. The highest BCUT2D eigenvalue weighted by atomic mass is 35.5. The number of halogens is 2. The summed E-state index contributed by atoms with van der Waals surface area (Å²) in [4.78, 5) is 36.0. The first-order chi connectivity index (χ1) is 13.4. The summed E-state index contributed by atoms with van der Waals surface area (Å²) in [6, 6.07) is 12.7. The lowest BCUT2D eigenvalue weighted by Gasteiger charge is -2.16. The molecule has 2 rings (SSSR count). The second kappa shape index (κ2) is 10.9. The van der Waals surface area contributed by atoms with Crippen molar-refractivity contribution in [2.45, 2.75) is 24.0 Å². The minimum atomic E-state index is -1.23. The van der Waals surface area contributed by atoms with Gasteiger partial charge in [-0.25, -0.2) is 4.79 Å². The maximum Gasteiger partial charge on any atom is 0.408 e. The average Bonchev–Trinajstić information content (AvgIpc) is 2.66. The van der Waals surface area contributed by atoms with Gasteiger partial charge in [-0.3, -0.25) is 9.59 Å². The summed E-state index contributed by atoms with van der Waals surface area (Å²) in [6.07, 6.45) is -1.43. The molecule has 0 aliphatic heterocycles. The summed E-state index contributed by atoms with van der Waals surface area (Å²) in [5, 5.41) is 12.1. The van der Waals surface area contributed by atoms with Crippen LogP contribution < -0.4 is 5.32 Å². The highest BCUT2D eigenvalue weighted by Gasteiger charge is 2.25. The lowest BCUT2D eigenvalue weighted by atomic mass is 10.1. The molecule has 0 unspecified atom stereocenters. The third-order valence-corrected chi connectivity index (χ3v) is 5.56. The van der Waals surface area contributed by atoms with Crippen LogP contribution in [0.2, 0.25) is 10.0 Å². The van der Waals surface area contributed by atoms with Gasteiger partial charge in [0, 0.05) is 4.90 Å². The first-order valence-corrected chi connectivity index (χ1v) is 9.89. The Kier molecular flexibility index (Phi) is 8.63. The minimum Gasteiger partial charge on any atom is -0.481 e. The largest absolute Gasteiger partial charge is 0.481 e. The Morgan fingerprint density at radius 2 is 1.68 bits per heavy atom. The molecule has 1 amide bonds. The molecule has 9 heteroatoms. The maximum absolute atomic E-state index is 12.4. The Hall–Kier alpha value is -2.22. The first-order valence-electron chi connectivity index (χ1n) is 8.15. The van der Waals surface area contributed by atoms with Gasteiger partial charge in [-0.05, 0) is 17.7 Å². The Morgan fingerprint density at radius 3 is 2.29 bits per heavy atom. The lowest BCUT2D eigenvalue weighted by Crippen LogP contribution is -2.43. The van der Waals surface area contributed by atoms with Crippen LogP contribution in [-0.2, 0) is 20.9 Å². The molecule has 0 saturated carbocycles. The van der Waals surface area contributed by atoms with E-state index in [1.54, 1.807) is 42.5 Å². The summed E-state index contributed by atoms with van der Waals surface area (Å²) in [6.45, 7) is 0.00460. The van der Waals surface area contributed by atoms with Gasteiger partial charge in [0.25, 0.3) is 0 Å². The number of carboxylic acid groups (broad SMARTS) is 1. The van der Waals surface area contributed by atoms with Gasteiger partial charge in [-0.15, -0.1) is 11.8 Å². The van der Waals surface area contributed by atoms with E-state index in [2.05, 4.69) is 5.32 Å². The number of aliphatic carboxylic acids is 1. The fraction of sp³-hybridized carbons (Fsp3) is 0.211. The molecule has 148 valence electrons. The van der Waals surface area contributed by atoms with Crippen LogP contribution in [0.25, 0.3) is 0 Å². The number of thioether (sulfide) groups is 1. The van der Waals surface area contributed by atoms with Crippen LogP contribution in [0.15, 0.2) is 53.4 Å². The van der Waals surface area contributed by atoms with E-state index in [-0.39, 0.29) is 12.4 Å². The fourth-order valence-corrected chi connectivity index (χ4v) is 3.82. The second-order valence-corrected chi connectivity index (χ2v) is 7.46. The van der Waals surface area contributed by atoms with Gasteiger partial charge in [0.15, 0.2) is 5.78 Å². The van der Waals surface area contributed by atoms with Crippen LogP contribution in [0, 0.1) is 0 Å². The van der Waals surface area contributed by atoms with Gasteiger partial charge in [0.1, 0.15) is 12.6 Å². The number of nitrogens with one attached hydrogen (secondary N) is 1. The van der Waals surface area contributed by atoms with E-state index in [1.807, 2.05) is 6.07 Å². The molecule has 0 spiro atoms. The van der Waals surface area contributed by atoms with Crippen molar-refractivity contribution in [3.05, 3.63) is 64.1 Å². The Balaban J connectivity index is 1.94. The number of hydrogen-bond donors (Lipinski definition) is 2. The molecule has 0 aliphatic rings. The fourth-order valence-electron chi connectivity index (χ4n) is 2.19. The van der Waals surface area contributed by atoms with Gasteiger partial charge in [0.2, 0.25) is 0 Å². The van der Waals surface area contributed by atoms with E-state index in [0.717, 1.165) is 17.3 Å². The molecule has 6 nitrogen and oxygen atoms in total. The van der Waals surface area contributed by atoms with E-state index < -0.39 is 30.3 Å². The topological polar surface area (TPSA) is 92.7 Å². The zero-order valence-corrected chi connectivity index (χ0v) is 16.9. The van der Waals surface area contributed by atoms with Crippen molar-refractivity contribution in [2.24, 2.45) is 0 Å². The van der Waals surface area contributed by atoms with Crippen molar-refractivity contribution < 1.29 is 24.2 Å². The Labute approximate surface area is 176 Å². The molecular formula is C19H17Cl2NO5S. The number of Topliss-reactive ketones (excluding diaryl/α,β-unsaturated/α-hetero) is 1. The smallest absolute Gasteiger partial charge is 0.408 e. The second-order valence-electron chi connectivity index (χ2n) is 5.66. The number of alkyl carbamates (subject to hydrolysis) is 1. The van der Waals surface area contributed by atoms with E-state index in [4.69, 9.17) is 33.0 Å². The van der Waals surface area contributed by atoms with Crippen LogP contribution in [0.4, 0.5) is 4.79 Å². The molecule has 1 atom stereocenters. The number of hydrogen-bond acceptors (Lipinski definition) is 5. The molecule has 0 aliphatic carbocycles. The zero-order chi connectivity index (χ0) is 20.5. The van der Waals surface area contributed by atoms with Crippen molar-refractivity contribution in [2.75, 3.05) is 5.75 Å². The molecule has 0 fully saturated rings. The van der Waals surface area contributed by atoms with Gasteiger partial charge in [-0.2, -0.15) is 0 Å². The van der Waals surface area contributed by atoms with E-state index >= 15 is 0 Å². The molecular weight excluding hydrogens is 425 g/mol. The molecule has 2 aromatic carbocycles. The summed E-state index contributed by atoms with van der Waals surface area (Å²) in [7, 11) is 0. The highest BCUT2D eigenvalue weighted by molar-refractivity contribution is 8.00. The monoisotopic (exact) mass is 441 g/mol. The number of carbonyl (C=O) groups excluding carboxylic acids is 2. The maximum atomic E-state index is 12.4. The molecule has 28 heavy (non-hydrogen) atoms. The van der Waals surface area contributed by atoms with Crippen molar-refractivity contribution in [1.29, 1.82) is 0 Å². The van der Waals surface area contributed by atoms with Gasteiger partial charge in [0.05, 0.1) is 22.2 Å². The third-order valence-electron chi connectivity index (χ3n) is 3.55. The van der Waals surface area contributed by atoms with Crippen LogP contribution in [0.1, 0.15) is 12.0 Å². The van der Waals surface area contributed by atoms with E-state index in [9.17, 15) is 14.4 Å². The SMILES string of the molecule is O=C(O)C[C@H](NC(=O)OCc1ccccc1)C(=O)CSc1c(Cl)cccc1Cl. The number of carboxylic acids is 1. The summed E-state index contributed by atoms with van der Waals surface area (Å²) in [5.74, 6) is -1.82. The van der Waals surface area contributed by atoms with Crippen molar-refractivity contribution >= 4 is 52.8 Å². The molecule has 0 bridgehead atoms. The summed E-state index contributed by atoms with van der Waals surface area (Å²) >= 11 is 13.2. The molecule has 2 aromatic rings. The number of carbonyl (C=O) groups is 3. The van der Waals surface area contributed by atoms with Crippen LogP contribution in [-0.4, -0.2) is 34.7 Å². The van der Waals surface area contributed by atoms with E-state index in [0.29, 0.717) is 14.9 Å². The molecule has 0 heterocycles. The van der Waals surface area contributed by atoms with Crippen molar-refractivity contribution in [3.8, 4) is 0 Å². The van der Waals surface area contributed by atoms with Crippen LogP contribution >= 0.6 is 35.0 Å². The molecule has 2 N–H and O–H groups in total. The van der Waals surface area contributed by atoms with Gasteiger partial charge >= 0.3 is 12.1 Å². The summed E-state index contributed by atoms with van der Waals surface area (Å²) < 4.78 is 5.05. The van der Waals surface area contributed by atoms with Crippen LogP contribution in [0.3, 0.4) is 0 Å². The Bertz CT molecular complexity index is 827. The molecule has 0 aromatic heterocycles. The van der Waals surface area contributed by atoms with Gasteiger partial charge in [-0.1, -0.05) is 59.6 Å². The standard InChI is InChI=1S/C19H17Cl2NO5S/c20-13-7-4-8-14(21)18(13)28-11-16(23)15(9-17(24)25)22-19(26)27-10-12-5-2-1-3-6-12/h1-8,15H,9-11H2,(H,22,26)(H,24,25)/t15-/m0/s1. The Morgan fingerprint density at radius 1 is 1.04 bits per heavy atom. The zero-order valence-electron chi connectivity index (χ0n) is 14.6. The van der Waals surface area contributed by atoms with Crippen molar-refractivity contribution in [3.63, 3.8) is 0 Å². The summed E-state index contributed by atoms with van der Waals surface area (Å²) in [5.41, 5.74) is 0.766. The molecule has 0 radical (unpaired) electrons. The number of benzene rings is 2. The number of amides is 1. The highest BCUT2D eigenvalue weighted by Crippen LogP contribution is 2.33. The quantitative estimate of drug-likeness (QED) is 0.559. The lowest BCUT2D eigenvalue weighted by molar-refractivity contribution is -0.139. The van der Waals surface area contributed by atoms with Crippen LogP contribution in [0.5, 0.6) is 0 Å². The number of rotatable bonds is 9. The van der Waals surface area contributed by atoms with E-state index in [1.165, 1.54) is 0 Å². The minimum absolute atomic E-state index is 0.00460. The van der Waals surface area contributed by atoms with Crippen molar-refractivity contribution in [1.82, 2.24) is 5.32 Å².